The third kappa shape index (κ3) is 4.63. The molecular formula is C22H22N2O2. The van der Waals surface area contributed by atoms with Crippen LogP contribution in [-0.2, 0) is 4.79 Å². The van der Waals surface area contributed by atoms with Gasteiger partial charge in [-0.25, -0.2) is 0 Å². The topological polar surface area (TPSA) is 50.4 Å². The highest BCUT2D eigenvalue weighted by Gasteiger charge is 2.07. The first-order chi connectivity index (χ1) is 12.6. The lowest BCUT2D eigenvalue weighted by atomic mass is 10.1. The number of carbonyl (C=O) groups excluding carboxylic acids is 1. The SMILES string of the molecule is Cc1cccc(C)c1NC(=O)CNc1ccc(Oc2ccccc2)cc1. The van der Waals surface area contributed by atoms with E-state index in [4.69, 9.17) is 4.74 Å². The van der Waals surface area contributed by atoms with Gasteiger partial charge in [-0.05, 0) is 61.4 Å². The van der Waals surface area contributed by atoms with Crippen molar-refractivity contribution in [3.05, 3.63) is 83.9 Å². The number of hydrogen-bond acceptors (Lipinski definition) is 3. The molecule has 0 saturated heterocycles. The van der Waals surface area contributed by atoms with Gasteiger partial charge in [0.05, 0.1) is 6.54 Å². The Morgan fingerprint density at radius 2 is 1.42 bits per heavy atom. The van der Waals surface area contributed by atoms with Crippen LogP contribution < -0.4 is 15.4 Å². The number of amides is 1. The number of carbonyl (C=O) groups is 1. The first kappa shape index (κ1) is 17.5. The number of ether oxygens (including phenoxy) is 1. The summed E-state index contributed by atoms with van der Waals surface area (Å²) in [5, 5.41) is 6.09. The van der Waals surface area contributed by atoms with E-state index in [0.717, 1.165) is 34.0 Å². The Kier molecular flexibility index (Phi) is 5.54. The summed E-state index contributed by atoms with van der Waals surface area (Å²) in [5.41, 5.74) is 3.86. The van der Waals surface area contributed by atoms with Gasteiger partial charge in [0.1, 0.15) is 11.5 Å². The first-order valence-corrected chi connectivity index (χ1v) is 8.55. The average molecular weight is 346 g/mol. The molecule has 26 heavy (non-hydrogen) atoms. The molecule has 4 heteroatoms. The van der Waals surface area contributed by atoms with Crippen LogP contribution in [-0.4, -0.2) is 12.5 Å². The summed E-state index contributed by atoms with van der Waals surface area (Å²) in [5.74, 6) is 1.47. The van der Waals surface area contributed by atoms with Crippen molar-refractivity contribution >= 4 is 17.3 Å². The molecule has 0 aliphatic rings. The van der Waals surface area contributed by atoms with Crippen molar-refractivity contribution in [3.8, 4) is 11.5 Å². The molecule has 3 aromatic rings. The van der Waals surface area contributed by atoms with Crippen LogP contribution in [0, 0.1) is 13.8 Å². The van der Waals surface area contributed by atoms with Crippen molar-refractivity contribution in [3.63, 3.8) is 0 Å². The predicted octanol–water partition coefficient (Wildman–Crippen LogP) is 5.15. The molecule has 3 aromatic carbocycles. The summed E-state index contributed by atoms with van der Waals surface area (Å²) in [6.45, 7) is 4.18. The standard InChI is InChI=1S/C22H22N2O2/c1-16-7-6-8-17(2)22(16)24-21(25)15-23-18-11-13-20(14-12-18)26-19-9-4-3-5-10-19/h3-14,23H,15H2,1-2H3,(H,24,25). The van der Waals surface area contributed by atoms with Crippen molar-refractivity contribution < 1.29 is 9.53 Å². The van der Waals surface area contributed by atoms with Crippen molar-refractivity contribution in [1.82, 2.24) is 0 Å². The van der Waals surface area contributed by atoms with Crippen LogP contribution in [0.15, 0.2) is 72.8 Å². The number of para-hydroxylation sites is 2. The Morgan fingerprint density at radius 3 is 2.08 bits per heavy atom. The molecule has 0 aliphatic carbocycles. The van der Waals surface area contributed by atoms with Crippen molar-refractivity contribution in [2.45, 2.75) is 13.8 Å². The molecule has 1 amide bonds. The lowest BCUT2D eigenvalue weighted by Gasteiger charge is -2.12. The zero-order valence-electron chi connectivity index (χ0n) is 15.0. The molecule has 0 saturated carbocycles. The minimum Gasteiger partial charge on any atom is -0.457 e. The number of aryl methyl sites for hydroxylation is 2. The van der Waals surface area contributed by atoms with Crippen molar-refractivity contribution in [1.29, 1.82) is 0 Å². The summed E-state index contributed by atoms with van der Waals surface area (Å²) < 4.78 is 5.76. The molecular weight excluding hydrogens is 324 g/mol. The summed E-state index contributed by atoms with van der Waals surface area (Å²) in [4.78, 5) is 12.2. The fourth-order valence-corrected chi connectivity index (χ4v) is 2.64. The Hall–Kier alpha value is -3.27. The van der Waals surface area contributed by atoms with Crippen LogP contribution in [0.3, 0.4) is 0 Å². The fourth-order valence-electron chi connectivity index (χ4n) is 2.64. The van der Waals surface area contributed by atoms with Crippen LogP contribution in [0.2, 0.25) is 0 Å². The van der Waals surface area contributed by atoms with Gasteiger partial charge in [-0.15, -0.1) is 0 Å². The second-order valence-electron chi connectivity index (χ2n) is 6.11. The van der Waals surface area contributed by atoms with Gasteiger partial charge in [0.15, 0.2) is 0 Å². The molecule has 0 bridgehead atoms. The lowest BCUT2D eigenvalue weighted by molar-refractivity contribution is -0.114. The van der Waals surface area contributed by atoms with Gasteiger partial charge in [0, 0.05) is 11.4 Å². The van der Waals surface area contributed by atoms with E-state index < -0.39 is 0 Å². The van der Waals surface area contributed by atoms with E-state index in [-0.39, 0.29) is 12.5 Å². The maximum absolute atomic E-state index is 12.2. The third-order valence-corrected chi connectivity index (χ3v) is 4.03. The molecule has 0 heterocycles. The number of hydrogen-bond donors (Lipinski definition) is 2. The molecule has 0 aromatic heterocycles. The van der Waals surface area contributed by atoms with Gasteiger partial charge >= 0.3 is 0 Å². The van der Waals surface area contributed by atoms with Crippen LogP contribution in [0.1, 0.15) is 11.1 Å². The van der Waals surface area contributed by atoms with E-state index in [1.165, 1.54) is 0 Å². The fraction of sp³-hybridized carbons (Fsp3) is 0.136. The Labute approximate surface area is 153 Å². The quantitative estimate of drug-likeness (QED) is 0.649. The highest BCUT2D eigenvalue weighted by Crippen LogP contribution is 2.23. The van der Waals surface area contributed by atoms with Crippen LogP contribution >= 0.6 is 0 Å². The molecule has 0 atom stereocenters. The zero-order chi connectivity index (χ0) is 18.4. The highest BCUT2D eigenvalue weighted by molar-refractivity contribution is 5.95. The van der Waals surface area contributed by atoms with Crippen molar-refractivity contribution in [2.24, 2.45) is 0 Å². The van der Waals surface area contributed by atoms with E-state index >= 15 is 0 Å². The number of nitrogens with one attached hydrogen (secondary N) is 2. The number of rotatable bonds is 6. The van der Waals surface area contributed by atoms with Crippen LogP contribution in [0.4, 0.5) is 11.4 Å². The zero-order valence-corrected chi connectivity index (χ0v) is 15.0. The third-order valence-electron chi connectivity index (χ3n) is 4.03. The normalized spacial score (nSPS) is 10.2. The highest BCUT2D eigenvalue weighted by atomic mass is 16.5. The minimum absolute atomic E-state index is 0.0768. The van der Waals surface area contributed by atoms with Gasteiger partial charge < -0.3 is 15.4 Å². The van der Waals surface area contributed by atoms with E-state index in [9.17, 15) is 4.79 Å². The monoisotopic (exact) mass is 346 g/mol. The largest absolute Gasteiger partial charge is 0.457 e. The first-order valence-electron chi connectivity index (χ1n) is 8.55. The van der Waals surface area contributed by atoms with Crippen LogP contribution in [0.25, 0.3) is 0 Å². The summed E-state index contributed by atoms with van der Waals surface area (Å²) in [6.07, 6.45) is 0. The van der Waals surface area contributed by atoms with Gasteiger partial charge in [0.25, 0.3) is 0 Å². The van der Waals surface area contributed by atoms with E-state index in [2.05, 4.69) is 10.6 Å². The maximum Gasteiger partial charge on any atom is 0.243 e. The predicted molar refractivity (Wildman–Crippen MR) is 106 cm³/mol. The smallest absolute Gasteiger partial charge is 0.243 e. The molecule has 0 unspecified atom stereocenters. The molecule has 0 fully saturated rings. The number of anilines is 2. The summed E-state index contributed by atoms with van der Waals surface area (Å²) in [6, 6.07) is 23.1. The molecule has 0 radical (unpaired) electrons. The molecule has 0 aliphatic heterocycles. The summed E-state index contributed by atoms with van der Waals surface area (Å²) >= 11 is 0. The Morgan fingerprint density at radius 1 is 0.808 bits per heavy atom. The van der Waals surface area contributed by atoms with Crippen LogP contribution in [0.5, 0.6) is 11.5 Å². The lowest BCUT2D eigenvalue weighted by Crippen LogP contribution is -2.22. The Balaban J connectivity index is 1.54. The van der Waals surface area contributed by atoms with E-state index in [1.807, 2.05) is 86.6 Å². The van der Waals surface area contributed by atoms with E-state index in [1.54, 1.807) is 0 Å². The molecule has 3 rings (SSSR count). The maximum atomic E-state index is 12.2. The molecule has 132 valence electrons. The van der Waals surface area contributed by atoms with Gasteiger partial charge in [0.2, 0.25) is 5.91 Å². The van der Waals surface area contributed by atoms with Gasteiger partial charge in [-0.1, -0.05) is 36.4 Å². The second kappa shape index (κ2) is 8.21. The minimum atomic E-state index is -0.0768. The second-order valence-corrected chi connectivity index (χ2v) is 6.11. The van der Waals surface area contributed by atoms with E-state index in [0.29, 0.717) is 0 Å². The molecule has 0 spiro atoms. The van der Waals surface area contributed by atoms with Gasteiger partial charge in [-0.2, -0.15) is 0 Å². The number of benzene rings is 3. The summed E-state index contributed by atoms with van der Waals surface area (Å²) in [7, 11) is 0. The van der Waals surface area contributed by atoms with Gasteiger partial charge in [-0.3, -0.25) is 4.79 Å². The average Bonchev–Trinajstić information content (AvgIpc) is 2.65. The Bertz CT molecular complexity index is 854. The molecule has 4 nitrogen and oxygen atoms in total. The molecule has 2 N–H and O–H groups in total. The van der Waals surface area contributed by atoms with Crippen molar-refractivity contribution in [2.75, 3.05) is 17.2 Å².